The van der Waals surface area contributed by atoms with Gasteiger partial charge in [0.05, 0.1) is 20.3 Å². The Morgan fingerprint density at radius 2 is 1.55 bits per heavy atom. The van der Waals surface area contributed by atoms with Gasteiger partial charge in [0, 0.05) is 24.2 Å². The molecule has 2 aromatic carbocycles. The zero-order valence-corrected chi connectivity index (χ0v) is 18.2. The zero-order chi connectivity index (χ0) is 22.8. The number of carbonyl (C=O) groups is 1. The maximum Gasteiger partial charge on any atom is 0.260 e. The molecule has 0 radical (unpaired) electrons. The highest BCUT2D eigenvalue weighted by Crippen LogP contribution is 2.43. The second-order valence-corrected chi connectivity index (χ2v) is 7.49. The van der Waals surface area contributed by atoms with E-state index in [9.17, 15) is 4.79 Å². The van der Waals surface area contributed by atoms with Gasteiger partial charge in [-0.25, -0.2) is 19.9 Å². The van der Waals surface area contributed by atoms with Crippen LogP contribution in [0.1, 0.15) is 27.5 Å². The van der Waals surface area contributed by atoms with Gasteiger partial charge in [0.1, 0.15) is 5.82 Å². The van der Waals surface area contributed by atoms with Crippen molar-refractivity contribution in [1.82, 2.24) is 19.9 Å². The highest BCUT2D eigenvalue weighted by atomic mass is 16.5. The molecule has 1 atom stereocenters. The fourth-order valence-corrected chi connectivity index (χ4v) is 4.07. The predicted octanol–water partition coefficient (Wildman–Crippen LogP) is 3.90. The molecule has 164 valence electrons. The van der Waals surface area contributed by atoms with Crippen LogP contribution < -0.4 is 14.4 Å². The SMILES string of the molecule is COc1cc2c(cc1OC)[C@H](Cc1ccccc1)N(c1ccnc(-c3ncccn3)n1)C2=O. The average Bonchev–Trinajstić information content (AvgIpc) is 3.14. The molecule has 0 bridgehead atoms. The van der Waals surface area contributed by atoms with Gasteiger partial charge >= 0.3 is 0 Å². The van der Waals surface area contributed by atoms with Gasteiger partial charge in [0.15, 0.2) is 23.1 Å². The molecule has 1 amide bonds. The first-order valence-corrected chi connectivity index (χ1v) is 10.4. The number of anilines is 1. The smallest absolute Gasteiger partial charge is 0.260 e. The summed E-state index contributed by atoms with van der Waals surface area (Å²) < 4.78 is 11.0. The first-order valence-electron chi connectivity index (χ1n) is 10.4. The molecule has 8 nitrogen and oxygen atoms in total. The topological polar surface area (TPSA) is 90.3 Å². The lowest BCUT2D eigenvalue weighted by Gasteiger charge is -2.25. The Hall–Kier alpha value is -4.33. The van der Waals surface area contributed by atoms with Crippen LogP contribution in [0.2, 0.25) is 0 Å². The molecule has 8 heteroatoms. The van der Waals surface area contributed by atoms with E-state index in [4.69, 9.17) is 9.47 Å². The highest BCUT2D eigenvalue weighted by molar-refractivity contribution is 6.11. The standard InChI is InChI=1S/C25H21N5O3/c1-32-20-14-17-18(15-21(20)33-2)25(31)30(19(17)13-16-7-4-3-5-8-16)22-9-12-28-24(29-22)23-26-10-6-11-27-23/h3-12,14-15,19H,13H2,1-2H3/t19-/m0/s1. The summed E-state index contributed by atoms with van der Waals surface area (Å²) in [4.78, 5) is 32.8. The lowest BCUT2D eigenvalue weighted by molar-refractivity contribution is 0.0990. The summed E-state index contributed by atoms with van der Waals surface area (Å²) >= 11 is 0. The van der Waals surface area contributed by atoms with Crippen LogP contribution in [0.15, 0.2) is 73.2 Å². The van der Waals surface area contributed by atoms with Crippen molar-refractivity contribution >= 4 is 11.7 Å². The summed E-state index contributed by atoms with van der Waals surface area (Å²) in [7, 11) is 3.14. The van der Waals surface area contributed by atoms with Crippen LogP contribution in [0, 0.1) is 0 Å². The third-order valence-electron chi connectivity index (χ3n) is 5.60. The normalized spacial score (nSPS) is 14.8. The molecule has 0 saturated heterocycles. The second kappa shape index (κ2) is 8.66. The van der Waals surface area contributed by atoms with E-state index in [1.807, 2.05) is 36.4 Å². The largest absolute Gasteiger partial charge is 0.493 e. The van der Waals surface area contributed by atoms with Crippen molar-refractivity contribution < 1.29 is 14.3 Å². The van der Waals surface area contributed by atoms with Gasteiger partial charge in [-0.1, -0.05) is 30.3 Å². The van der Waals surface area contributed by atoms with Gasteiger partial charge in [0.25, 0.3) is 5.91 Å². The van der Waals surface area contributed by atoms with Crippen LogP contribution in [0.4, 0.5) is 5.82 Å². The van der Waals surface area contributed by atoms with Crippen molar-refractivity contribution in [2.45, 2.75) is 12.5 Å². The van der Waals surface area contributed by atoms with Crippen molar-refractivity contribution in [2.24, 2.45) is 0 Å². The Kier molecular flexibility index (Phi) is 5.40. The molecular weight excluding hydrogens is 418 g/mol. The number of aromatic nitrogens is 4. The molecule has 0 fully saturated rings. The first-order chi connectivity index (χ1) is 16.2. The Balaban J connectivity index is 1.63. The molecule has 0 aliphatic carbocycles. The number of carbonyl (C=O) groups excluding carboxylic acids is 1. The minimum atomic E-state index is -0.283. The quantitative estimate of drug-likeness (QED) is 0.450. The summed E-state index contributed by atoms with van der Waals surface area (Å²) in [5, 5.41) is 0. The van der Waals surface area contributed by atoms with E-state index in [1.165, 1.54) is 0 Å². The summed E-state index contributed by atoms with van der Waals surface area (Å²) in [6.45, 7) is 0. The van der Waals surface area contributed by atoms with Crippen molar-refractivity contribution in [3.63, 3.8) is 0 Å². The fraction of sp³-hybridized carbons (Fsp3) is 0.160. The molecule has 3 heterocycles. The zero-order valence-electron chi connectivity index (χ0n) is 18.2. The van der Waals surface area contributed by atoms with Crippen molar-refractivity contribution in [3.05, 3.63) is 89.9 Å². The van der Waals surface area contributed by atoms with Crippen LogP contribution in [-0.2, 0) is 6.42 Å². The lowest BCUT2D eigenvalue weighted by Crippen LogP contribution is -2.30. The molecule has 2 aromatic heterocycles. The van der Waals surface area contributed by atoms with E-state index >= 15 is 0 Å². The van der Waals surface area contributed by atoms with Gasteiger partial charge in [-0.2, -0.15) is 0 Å². The predicted molar refractivity (Wildman–Crippen MR) is 122 cm³/mol. The van der Waals surface area contributed by atoms with Crippen LogP contribution in [0.25, 0.3) is 11.6 Å². The average molecular weight is 439 g/mol. The number of methoxy groups -OCH3 is 2. The first kappa shape index (κ1) is 20.6. The minimum absolute atomic E-state index is 0.162. The molecule has 33 heavy (non-hydrogen) atoms. The van der Waals surface area contributed by atoms with Crippen molar-refractivity contribution in [2.75, 3.05) is 19.1 Å². The molecule has 4 aromatic rings. The molecule has 0 unspecified atom stereocenters. The van der Waals surface area contributed by atoms with E-state index in [2.05, 4.69) is 19.9 Å². The molecule has 5 rings (SSSR count). The number of hydrogen-bond donors (Lipinski definition) is 0. The van der Waals surface area contributed by atoms with Crippen LogP contribution in [-0.4, -0.2) is 40.1 Å². The third kappa shape index (κ3) is 3.76. The van der Waals surface area contributed by atoms with Crippen molar-refractivity contribution in [3.8, 4) is 23.1 Å². The van der Waals surface area contributed by atoms with Gasteiger partial charge in [-0.15, -0.1) is 0 Å². The molecule has 0 saturated carbocycles. The van der Waals surface area contributed by atoms with E-state index in [0.29, 0.717) is 40.9 Å². The summed E-state index contributed by atoms with van der Waals surface area (Å²) in [6, 6.07) is 16.8. The van der Waals surface area contributed by atoms with E-state index in [-0.39, 0.29) is 11.9 Å². The highest BCUT2D eigenvalue weighted by Gasteiger charge is 2.40. The number of ether oxygens (including phenoxy) is 2. The third-order valence-corrected chi connectivity index (χ3v) is 5.60. The van der Waals surface area contributed by atoms with Crippen molar-refractivity contribution in [1.29, 1.82) is 0 Å². The van der Waals surface area contributed by atoms with Crippen LogP contribution in [0.5, 0.6) is 11.5 Å². The van der Waals surface area contributed by atoms with Crippen LogP contribution in [0.3, 0.4) is 0 Å². The second-order valence-electron chi connectivity index (χ2n) is 7.49. The van der Waals surface area contributed by atoms with Crippen LogP contribution >= 0.6 is 0 Å². The maximum atomic E-state index is 13.7. The number of fused-ring (bicyclic) bond motifs is 1. The molecule has 1 aliphatic rings. The molecule has 0 N–H and O–H groups in total. The minimum Gasteiger partial charge on any atom is -0.493 e. The summed E-state index contributed by atoms with van der Waals surface area (Å²) in [5.74, 6) is 2.14. The number of nitrogens with zero attached hydrogens (tertiary/aromatic N) is 5. The van der Waals surface area contributed by atoms with Gasteiger partial charge < -0.3 is 9.47 Å². The Bertz CT molecular complexity index is 1300. The monoisotopic (exact) mass is 439 g/mol. The summed E-state index contributed by atoms with van der Waals surface area (Å²) in [5.41, 5.74) is 2.52. The van der Waals surface area contributed by atoms with E-state index in [1.54, 1.807) is 55.9 Å². The van der Waals surface area contributed by atoms with E-state index in [0.717, 1.165) is 11.1 Å². The lowest BCUT2D eigenvalue weighted by atomic mass is 9.97. The molecule has 1 aliphatic heterocycles. The molecular formula is C25H21N5O3. The fourth-order valence-electron chi connectivity index (χ4n) is 4.07. The maximum absolute atomic E-state index is 13.7. The number of rotatable bonds is 6. The number of amides is 1. The van der Waals surface area contributed by atoms with Gasteiger partial charge in [-0.05, 0) is 41.8 Å². The molecule has 0 spiro atoms. The van der Waals surface area contributed by atoms with E-state index < -0.39 is 0 Å². The number of benzene rings is 2. The number of hydrogen-bond acceptors (Lipinski definition) is 7. The summed E-state index contributed by atoms with van der Waals surface area (Å²) in [6.07, 6.45) is 5.49. The Morgan fingerprint density at radius 3 is 2.27 bits per heavy atom. The van der Waals surface area contributed by atoms with Gasteiger partial charge in [-0.3, -0.25) is 9.69 Å². The van der Waals surface area contributed by atoms with Gasteiger partial charge in [0.2, 0.25) is 0 Å². The Labute approximate surface area is 190 Å². The Morgan fingerprint density at radius 1 is 0.848 bits per heavy atom.